The fourth-order valence-electron chi connectivity index (χ4n) is 5.79. The van der Waals surface area contributed by atoms with Crippen molar-refractivity contribution in [2.75, 3.05) is 19.7 Å². The van der Waals surface area contributed by atoms with Crippen molar-refractivity contribution >= 4 is 28.2 Å². The second kappa shape index (κ2) is 15.4. The lowest BCUT2D eigenvalue weighted by molar-refractivity contribution is -0.143. The molecule has 2 unspecified atom stereocenters. The van der Waals surface area contributed by atoms with Gasteiger partial charge in [-0.3, -0.25) is 4.79 Å². The smallest absolute Gasteiger partial charge is 0.407 e. The number of carbonyl (C=O) groups excluding carboxylic acids is 2. The van der Waals surface area contributed by atoms with E-state index in [1.54, 1.807) is 58.0 Å². The third-order valence-corrected chi connectivity index (χ3v) is 9.91. The van der Waals surface area contributed by atoms with Gasteiger partial charge in [0.1, 0.15) is 17.2 Å². The molecule has 0 spiro atoms. The lowest BCUT2D eigenvalue weighted by atomic mass is 9.86. The van der Waals surface area contributed by atoms with Gasteiger partial charge in [-0.1, -0.05) is 55.5 Å². The maximum Gasteiger partial charge on any atom is 0.407 e. The molecule has 0 radical (unpaired) electrons. The molecule has 0 bridgehead atoms. The molecule has 48 heavy (non-hydrogen) atoms. The van der Waals surface area contributed by atoms with Gasteiger partial charge in [0.15, 0.2) is 0 Å². The molecule has 0 saturated carbocycles. The monoisotopic (exact) mass is 682 g/mol. The molecular formula is C37H44F2N2O6S. The van der Waals surface area contributed by atoms with Gasteiger partial charge < -0.3 is 14.8 Å². The van der Waals surface area contributed by atoms with Crippen molar-refractivity contribution in [1.82, 2.24) is 9.62 Å². The van der Waals surface area contributed by atoms with E-state index in [1.807, 2.05) is 32.1 Å². The van der Waals surface area contributed by atoms with Crippen LogP contribution in [0.15, 0.2) is 65.6 Å². The summed E-state index contributed by atoms with van der Waals surface area (Å²) >= 11 is 0. The van der Waals surface area contributed by atoms with Gasteiger partial charge in [0.2, 0.25) is 10.0 Å². The third kappa shape index (κ3) is 9.50. The first kappa shape index (κ1) is 36.7. The lowest BCUT2D eigenvalue weighted by Crippen LogP contribution is -2.33. The average molecular weight is 683 g/mol. The van der Waals surface area contributed by atoms with Crippen LogP contribution in [0.2, 0.25) is 0 Å². The molecule has 1 N–H and O–H groups in total. The van der Waals surface area contributed by atoms with Crippen LogP contribution in [0.5, 0.6) is 0 Å². The van der Waals surface area contributed by atoms with Crippen molar-refractivity contribution in [2.45, 2.75) is 77.3 Å². The summed E-state index contributed by atoms with van der Waals surface area (Å²) in [4.78, 5) is 24.7. The Labute approximate surface area is 282 Å². The number of amides is 1. The van der Waals surface area contributed by atoms with Gasteiger partial charge in [-0.2, -0.15) is 4.31 Å². The molecule has 1 aliphatic rings. The van der Waals surface area contributed by atoms with Crippen molar-refractivity contribution in [3.05, 3.63) is 106 Å². The van der Waals surface area contributed by atoms with Crippen molar-refractivity contribution in [2.24, 2.45) is 5.92 Å². The van der Waals surface area contributed by atoms with Crippen molar-refractivity contribution in [3.8, 4) is 0 Å². The molecule has 0 aliphatic carbocycles. The van der Waals surface area contributed by atoms with E-state index in [0.29, 0.717) is 23.1 Å². The first-order valence-electron chi connectivity index (χ1n) is 16.0. The summed E-state index contributed by atoms with van der Waals surface area (Å²) in [6, 6.07) is 13.9. The Morgan fingerprint density at radius 3 is 2.52 bits per heavy atom. The molecule has 258 valence electrons. The van der Waals surface area contributed by atoms with E-state index < -0.39 is 45.2 Å². The van der Waals surface area contributed by atoms with E-state index >= 15 is 4.39 Å². The maximum atomic E-state index is 15.0. The zero-order valence-corrected chi connectivity index (χ0v) is 29.1. The Kier molecular flexibility index (Phi) is 11.8. The summed E-state index contributed by atoms with van der Waals surface area (Å²) in [6.07, 6.45) is 3.46. The normalized spacial score (nSPS) is 17.0. The number of nitrogens with zero attached hydrogens (tertiary/aromatic N) is 1. The number of fused-ring (bicyclic) bond motifs is 1. The first-order chi connectivity index (χ1) is 22.6. The molecule has 0 fully saturated rings. The minimum Gasteiger partial charge on any atom is -0.466 e. The van der Waals surface area contributed by atoms with Crippen molar-refractivity contribution < 1.29 is 36.3 Å². The molecule has 8 nitrogen and oxygen atoms in total. The van der Waals surface area contributed by atoms with Gasteiger partial charge in [0.05, 0.1) is 17.9 Å². The van der Waals surface area contributed by atoms with Gasteiger partial charge in [0, 0.05) is 31.6 Å². The molecule has 2 atom stereocenters. The number of alkyl carbamates (subject to hydrolysis) is 1. The zero-order valence-electron chi connectivity index (χ0n) is 28.3. The standard InChI is InChI=1S/C37H44F2N2O6S/c1-7-46-35(42)21-32(31-14-13-30(38)20-33(31)39)27-12-10-25(3)29(19-27)23-41-22-24(2)17-28-18-26(11-15-34(28)48(41,44)45)9-8-16-40-36(43)47-37(4,5)6/h8-15,18-20,24,32H,7,16-17,21-23H2,1-6H3,(H,40,43)/b9-8+. The summed E-state index contributed by atoms with van der Waals surface area (Å²) in [5, 5.41) is 2.67. The first-order valence-corrected chi connectivity index (χ1v) is 17.5. The number of hydrogen-bond acceptors (Lipinski definition) is 6. The fraction of sp³-hybridized carbons (Fsp3) is 0.405. The largest absolute Gasteiger partial charge is 0.466 e. The van der Waals surface area contributed by atoms with Gasteiger partial charge >= 0.3 is 12.1 Å². The Bertz CT molecular complexity index is 1780. The number of hydrogen-bond donors (Lipinski definition) is 1. The highest BCUT2D eigenvalue weighted by Crippen LogP contribution is 2.34. The predicted octanol–water partition coefficient (Wildman–Crippen LogP) is 7.28. The van der Waals surface area contributed by atoms with Gasteiger partial charge in [-0.15, -0.1) is 0 Å². The number of nitrogens with one attached hydrogen (secondary N) is 1. The fourth-order valence-corrected chi connectivity index (χ4v) is 7.54. The number of sulfonamides is 1. The Hall–Kier alpha value is -4.09. The number of benzene rings is 3. The van der Waals surface area contributed by atoms with Crippen LogP contribution in [0.1, 0.15) is 80.3 Å². The number of rotatable bonds is 10. The zero-order chi connectivity index (χ0) is 35.2. The topological polar surface area (TPSA) is 102 Å². The number of aryl methyl sites for hydroxylation is 1. The SMILES string of the molecule is CCOC(=O)CC(c1ccc(C)c(CN2CC(C)Cc3cc(/C=C/CNC(=O)OC(C)(C)C)ccc3S2(=O)=O)c1)c1ccc(F)cc1F. The molecule has 4 rings (SSSR count). The Balaban J connectivity index is 1.60. The number of halogens is 2. The highest BCUT2D eigenvalue weighted by Gasteiger charge is 2.33. The van der Waals surface area contributed by atoms with E-state index in [2.05, 4.69) is 5.32 Å². The second-order valence-corrected chi connectivity index (χ2v) is 15.1. The van der Waals surface area contributed by atoms with Crippen LogP contribution in [0.3, 0.4) is 0 Å². The van der Waals surface area contributed by atoms with Gasteiger partial charge in [-0.05, 0) is 92.5 Å². The number of esters is 1. The number of carbonyl (C=O) groups is 2. The summed E-state index contributed by atoms with van der Waals surface area (Å²) in [7, 11) is -3.90. The molecule has 11 heteroatoms. The summed E-state index contributed by atoms with van der Waals surface area (Å²) < 4.78 is 68.8. The lowest BCUT2D eigenvalue weighted by Gasteiger charge is -2.25. The van der Waals surface area contributed by atoms with E-state index in [1.165, 1.54) is 10.4 Å². The third-order valence-electron chi connectivity index (χ3n) is 8.00. The molecule has 3 aromatic carbocycles. The summed E-state index contributed by atoms with van der Waals surface area (Å²) in [5.41, 5.74) is 3.19. The van der Waals surface area contributed by atoms with Crippen LogP contribution in [0.25, 0.3) is 6.08 Å². The molecule has 1 amide bonds. The number of ether oxygens (including phenoxy) is 2. The van der Waals surface area contributed by atoms with E-state index in [9.17, 15) is 22.4 Å². The molecule has 3 aromatic rings. The van der Waals surface area contributed by atoms with Crippen LogP contribution in [0.4, 0.5) is 13.6 Å². The van der Waals surface area contributed by atoms with E-state index in [0.717, 1.165) is 23.3 Å². The van der Waals surface area contributed by atoms with Crippen LogP contribution in [-0.4, -0.2) is 50.1 Å². The highest BCUT2D eigenvalue weighted by atomic mass is 32.2. The molecule has 0 saturated heterocycles. The average Bonchev–Trinajstić information content (AvgIpc) is 3.07. The van der Waals surface area contributed by atoms with Gasteiger partial charge in [0.25, 0.3) is 0 Å². The minimum atomic E-state index is -3.90. The Morgan fingerprint density at radius 2 is 1.83 bits per heavy atom. The quantitative estimate of drug-likeness (QED) is 0.226. The maximum absolute atomic E-state index is 15.0. The molecular weight excluding hydrogens is 638 g/mol. The van der Waals surface area contributed by atoms with E-state index in [-0.39, 0.29) is 49.0 Å². The van der Waals surface area contributed by atoms with Crippen LogP contribution >= 0.6 is 0 Å². The van der Waals surface area contributed by atoms with Gasteiger partial charge in [-0.25, -0.2) is 22.0 Å². The minimum absolute atomic E-state index is 0.00227. The summed E-state index contributed by atoms with van der Waals surface area (Å²) in [6.45, 7) is 11.7. The van der Waals surface area contributed by atoms with Crippen LogP contribution in [-0.2, 0) is 37.3 Å². The van der Waals surface area contributed by atoms with E-state index in [4.69, 9.17) is 9.47 Å². The van der Waals surface area contributed by atoms with Crippen molar-refractivity contribution in [1.29, 1.82) is 0 Å². The van der Waals surface area contributed by atoms with Crippen LogP contribution < -0.4 is 5.32 Å². The van der Waals surface area contributed by atoms with Crippen LogP contribution in [0, 0.1) is 24.5 Å². The van der Waals surface area contributed by atoms with Crippen molar-refractivity contribution in [3.63, 3.8) is 0 Å². The molecule has 1 heterocycles. The molecule has 0 aromatic heterocycles. The Morgan fingerprint density at radius 1 is 1.08 bits per heavy atom. The predicted molar refractivity (Wildman–Crippen MR) is 181 cm³/mol. The summed E-state index contributed by atoms with van der Waals surface area (Å²) in [5.74, 6) is -2.80. The molecule has 1 aliphatic heterocycles. The second-order valence-electron chi connectivity index (χ2n) is 13.2. The highest BCUT2D eigenvalue weighted by molar-refractivity contribution is 7.89.